The topological polar surface area (TPSA) is 44.5 Å². The van der Waals surface area contributed by atoms with Crippen molar-refractivity contribution in [3.05, 3.63) is 18.2 Å². The summed E-state index contributed by atoms with van der Waals surface area (Å²) in [5, 5.41) is 0. The van der Waals surface area contributed by atoms with Gasteiger partial charge in [-0.15, -0.1) is 0 Å². The van der Waals surface area contributed by atoms with Gasteiger partial charge in [-0.3, -0.25) is 0 Å². The third-order valence-electron chi connectivity index (χ3n) is 2.26. The Bertz CT molecular complexity index is 338. The van der Waals surface area contributed by atoms with Crippen LogP contribution in [-0.2, 0) is 0 Å². The molecule has 1 aliphatic heterocycles. The molecule has 0 aliphatic carbocycles. The Balaban J connectivity index is 2.35. The van der Waals surface area contributed by atoms with Gasteiger partial charge in [0.15, 0.2) is 11.5 Å². The Kier molecular flexibility index (Phi) is 1.62. The van der Waals surface area contributed by atoms with Gasteiger partial charge in [-0.25, -0.2) is 0 Å². The van der Waals surface area contributed by atoms with Crippen molar-refractivity contribution in [2.45, 2.75) is 26.1 Å². The largest absolute Gasteiger partial charge is 0.449 e. The Morgan fingerprint density at radius 2 is 2.00 bits per heavy atom. The summed E-state index contributed by atoms with van der Waals surface area (Å²) < 4.78 is 11.2. The molecule has 0 aromatic heterocycles. The van der Waals surface area contributed by atoms with E-state index in [9.17, 15) is 0 Å². The number of fused-ring (bicyclic) bond motifs is 1. The van der Waals surface area contributed by atoms with Crippen LogP contribution in [0.2, 0.25) is 0 Å². The minimum atomic E-state index is -0.518. The first-order chi connectivity index (χ1) is 6.13. The average molecular weight is 179 g/mol. The van der Waals surface area contributed by atoms with Crippen molar-refractivity contribution in [2.75, 3.05) is 5.73 Å². The first kappa shape index (κ1) is 8.23. The van der Waals surface area contributed by atoms with E-state index in [-0.39, 0.29) is 0 Å². The first-order valence-electron chi connectivity index (χ1n) is 4.40. The van der Waals surface area contributed by atoms with Crippen LogP contribution in [0.3, 0.4) is 0 Å². The molecule has 0 radical (unpaired) electrons. The molecule has 0 bridgehead atoms. The number of rotatable bonds is 1. The van der Waals surface area contributed by atoms with Crippen LogP contribution in [0.5, 0.6) is 11.5 Å². The lowest BCUT2D eigenvalue weighted by Gasteiger charge is -2.20. The van der Waals surface area contributed by atoms with Crippen molar-refractivity contribution in [2.24, 2.45) is 0 Å². The number of hydrogen-bond donors (Lipinski definition) is 1. The fraction of sp³-hybridized carbons (Fsp3) is 0.400. The molecule has 2 N–H and O–H groups in total. The highest BCUT2D eigenvalue weighted by Gasteiger charge is 2.34. The number of benzene rings is 1. The minimum Gasteiger partial charge on any atom is -0.449 e. The normalized spacial score (nSPS) is 24.8. The maximum atomic E-state index is 5.63. The highest BCUT2D eigenvalue weighted by molar-refractivity contribution is 5.53. The molecule has 0 fully saturated rings. The quantitative estimate of drug-likeness (QED) is 0.672. The SMILES string of the molecule is CCC1(C)Oc2ccc(N)cc2O1. The van der Waals surface area contributed by atoms with Gasteiger partial charge in [0, 0.05) is 25.1 Å². The molecule has 1 atom stereocenters. The summed E-state index contributed by atoms with van der Waals surface area (Å²) in [6.45, 7) is 3.94. The lowest BCUT2D eigenvalue weighted by atomic mass is 10.2. The van der Waals surface area contributed by atoms with E-state index in [0.29, 0.717) is 5.69 Å². The van der Waals surface area contributed by atoms with Crippen LogP contribution in [-0.4, -0.2) is 5.79 Å². The van der Waals surface area contributed by atoms with Crippen LogP contribution in [0.25, 0.3) is 0 Å². The maximum Gasteiger partial charge on any atom is 0.248 e. The van der Waals surface area contributed by atoms with E-state index in [0.717, 1.165) is 17.9 Å². The average Bonchev–Trinajstić information content (AvgIpc) is 2.42. The van der Waals surface area contributed by atoms with Gasteiger partial charge in [-0.1, -0.05) is 6.92 Å². The van der Waals surface area contributed by atoms with E-state index < -0.39 is 5.79 Å². The van der Waals surface area contributed by atoms with Gasteiger partial charge >= 0.3 is 0 Å². The second kappa shape index (κ2) is 2.55. The van der Waals surface area contributed by atoms with E-state index in [1.807, 2.05) is 26.0 Å². The molecule has 70 valence electrons. The van der Waals surface area contributed by atoms with E-state index in [1.165, 1.54) is 0 Å². The molecular formula is C10H13NO2. The molecule has 0 amide bonds. The number of nitrogen functional groups attached to an aromatic ring is 1. The highest BCUT2D eigenvalue weighted by Crippen LogP contribution is 2.41. The summed E-state index contributed by atoms with van der Waals surface area (Å²) >= 11 is 0. The molecular weight excluding hydrogens is 166 g/mol. The summed E-state index contributed by atoms with van der Waals surface area (Å²) in [6.07, 6.45) is 0.807. The number of ether oxygens (including phenoxy) is 2. The van der Waals surface area contributed by atoms with Crippen LogP contribution in [0, 0.1) is 0 Å². The van der Waals surface area contributed by atoms with Crippen LogP contribution in [0.1, 0.15) is 20.3 Å². The maximum absolute atomic E-state index is 5.63. The van der Waals surface area contributed by atoms with Crippen molar-refractivity contribution < 1.29 is 9.47 Å². The van der Waals surface area contributed by atoms with Gasteiger partial charge in [0.1, 0.15) is 0 Å². The molecule has 1 aromatic carbocycles. The van der Waals surface area contributed by atoms with Gasteiger partial charge in [0.2, 0.25) is 5.79 Å². The van der Waals surface area contributed by atoms with Crippen LogP contribution >= 0.6 is 0 Å². The predicted molar refractivity (Wildman–Crippen MR) is 50.8 cm³/mol. The first-order valence-corrected chi connectivity index (χ1v) is 4.40. The zero-order valence-electron chi connectivity index (χ0n) is 7.83. The van der Waals surface area contributed by atoms with Crippen molar-refractivity contribution in [3.63, 3.8) is 0 Å². The molecule has 1 aromatic rings. The fourth-order valence-corrected chi connectivity index (χ4v) is 1.32. The highest BCUT2D eigenvalue weighted by atomic mass is 16.7. The van der Waals surface area contributed by atoms with Crippen molar-refractivity contribution in [1.82, 2.24) is 0 Å². The van der Waals surface area contributed by atoms with E-state index >= 15 is 0 Å². The predicted octanol–water partition coefficient (Wildman–Crippen LogP) is 2.17. The van der Waals surface area contributed by atoms with Crippen LogP contribution in [0.15, 0.2) is 18.2 Å². The summed E-state index contributed by atoms with van der Waals surface area (Å²) in [6, 6.07) is 5.44. The zero-order valence-corrected chi connectivity index (χ0v) is 7.83. The molecule has 0 spiro atoms. The molecule has 1 aliphatic rings. The fourth-order valence-electron chi connectivity index (χ4n) is 1.32. The van der Waals surface area contributed by atoms with Crippen LogP contribution in [0.4, 0.5) is 5.69 Å². The standard InChI is InChI=1S/C10H13NO2/c1-3-10(2)12-8-5-4-7(11)6-9(8)13-10/h4-6H,3,11H2,1-2H3. The van der Waals surface area contributed by atoms with Gasteiger partial charge < -0.3 is 15.2 Å². The lowest BCUT2D eigenvalue weighted by Crippen LogP contribution is -2.33. The molecule has 3 nitrogen and oxygen atoms in total. The van der Waals surface area contributed by atoms with Gasteiger partial charge in [-0.2, -0.15) is 0 Å². The summed E-state index contributed by atoms with van der Waals surface area (Å²) in [7, 11) is 0. The van der Waals surface area contributed by atoms with E-state index in [4.69, 9.17) is 15.2 Å². The Hall–Kier alpha value is -1.38. The number of nitrogens with two attached hydrogens (primary N) is 1. The molecule has 0 saturated heterocycles. The summed E-state index contributed by atoms with van der Waals surface area (Å²) in [5.41, 5.74) is 6.32. The van der Waals surface area contributed by atoms with Crippen LogP contribution < -0.4 is 15.2 Å². The zero-order chi connectivity index (χ0) is 9.47. The van der Waals surface area contributed by atoms with Gasteiger partial charge in [0.25, 0.3) is 0 Å². The number of anilines is 1. The Morgan fingerprint density at radius 1 is 1.31 bits per heavy atom. The lowest BCUT2D eigenvalue weighted by molar-refractivity contribution is -0.0640. The summed E-state index contributed by atoms with van der Waals surface area (Å²) in [5.74, 6) is 0.999. The third kappa shape index (κ3) is 1.30. The molecule has 1 unspecified atom stereocenters. The van der Waals surface area contributed by atoms with E-state index in [2.05, 4.69) is 0 Å². The molecule has 3 heteroatoms. The second-order valence-corrected chi connectivity index (χ2v) is 3.40. The Labute approximate surface area is 77.5 Å². The van der Waals surface area contributed by atoms with Crippen molar-refractivity contribution in [3.8, 4) is 11.5 Å². The smallest absolute Gasteiger partial charge is 0.248 e. The molecule has 2 rings (SSSR count). The second-order valence-electron chi connectivity index (χ2n) is 3.40. The van der Waals surface area contributed by atoms with Gasteiger partial charge in [0.05, 0.1) is 0 Å². The molecule has 0 saturated carbocycles. The number of hydrogen-bond acceptors (Lipinski definition) is 3. The minimum absolute atomic E-state index is 0.518. The van der Waals surface area contributed by atoms with Gasteiger partial charge in [-0.05, 0) is 12.1 Å². The van der Waals surface area contributed by atoms with Crippen molar-refractivity contribution >= 4 is 5.69 Å². The van der Waals surface area contributed by atoms with E-state index in [1.54, 1.807) is 6.07 Å². The molecule has 13 heavy (non-hydrogen) atoms. The van der Waals surface area contributed by atoms with Crippen molar-refractivity contribution in [1.29, 1.82) is 0 Å². The summed E-state index contributed by atoms with van der Waals surface area (Å²) in [4.78, 5) is 0. The monoisotopic (exact) mass is 179 g/mol. The third-order valence-corrected chi connectivity index (χ3v) is 2.26. The Morgan fingerprint density at radius 3 is 2.69 bits per heavy atom. The molecule has 1 heterocycles.